The van der Waals surface area contributed by atoms with Crippen LogP contribution in [0.4, 0.5) is 0 Å². The molecule has 0 unspecified atom stereocenters. The zero-order chi connectivity index (χ0) is 13.8. The van der Waals surface area contributed by atoms with Gasteiger partial charge < -0.3 is 20.3 Å². The number of benzene rings is 1. The molecule has 1 aliphatic rings. The van der Waals surface area contributed by atoms with E-state index in [9.17, 15) is 5.11 Å². The predicted molar refractivity (Wildman–Crippen MR) is 81.7 cm³/mol. The van der Waals surface area contributed by atoms with E-state index in [1.165, 1.54) is 12.8 Å². The van der Waals surface area contributed by atoms with E-state index in [1.54, 1.807) is 20.3 Å². The molecule has 114 valence electrons. The van der Waals surface area contributed by atoms with Gasteiger partial charge in [-0.1, -0.05) is 12.8 Å². The van der Waals surface area contributed by atoms with Gasteiger partial charge in [0.25, 0.3) is 0 Å². The lowest BCUT2D eigenvalue weighted by Crippen LogP contribution is -2.32. The SMILES string of the molecule is COc1ccc([C@@H](N)[C@@H](O)C2CCCC2)c(OC)c1.Cl. The highest BCUT2D eigenvalue weighted by Crippen LogP contribution is 2.36. The fraction of sp³-hybridized carbons (Fsp3) is 0.600. The Morgan fingerprint density at radius 3 is 2.40 bits per heavy atom. The second-order valence-electron chi connectivity index (χ2n) is 5.17. The Balaban J connectivity index is 0.00000200. The Bertz CT molecular complexity index is 422. The lowest BCUT2D eigenvalue weighted by atomic mass is 9.90. The van der Waals surface area contributed by atoms with Crippen LogP contribution in [0.1, 0.15) is 37.3 Å². The standard InChI is InChI=1S/C15H23NO3.ClH/c1-18-11-7-8-12(13(9-11)19-2)14(16)15(17)10-5-3-4-6-10;/h7-10,14-15,17H,3-6,16H2,1-2H3;1H/t14-,15+;/m1./s1. The van der Waals surface area contributed by atoms with Gasteiger partial charge in [0.1, 0.15) is 11.5 Å². The third kappa shape index (κ3) is 3.57. The van der Waals surface area contributed by atoms with Crippen LogP contribution in [0.15, 0.2) is 18.2 Å². The Morgan fingerprint density at radius 2 is 1.85 bits per heavy atom. The van der Waals surface area contributed by atoms with Crippen LogP contribution in [0.3, 0.4) is 0 Å². The van der Waals surface area contributed by atoms with Crippen molar-refractivity contribution in [3.8, 4) is 11.5 Å². The number of methoxy groups -OCH3 is 2. The summed E-state index contributed by atoms with van der Waals surface area (Å²) >= 11 is 0. The maximum atomic E-state index is 10.4. The highest BCUT2D eigenvalue weighted by molar-refractivity contribution is 5.85. The lowest BCUT2D eigenvalue weighted by Gasteiger charge is -2.26. The molecule has 0 radical (unpaired) electrons. The quantitative estimate of drug-likeness (QED) is 0.877. The van der Waals surface area contributed by atoms with Gasteiger partial charge in [-0.3, -0.25) is 0 Å². The first-order valence-electron chi connectivity index (χ1n) is 6.83. The van der Waals surface area contributed by atoms with Crippen LogP contribution in [0.25, 0.3) is 0 Å². The summed E-state index contributed by atoms with van der Waals surface area (Å²) in [5.74, 6) is 1.70. The van der Waals surface area contributed by atoms with Crippen molar-refractivity contribution < 1.29 is 14.6 Å². The molecule has 0 amide bonds. The van der Waals surface area contributed by atoms with Gasteiger partial charge in [-0.05, 0) is 30.9 Å². The Hall–Kier alpha value is -0.970. The van der Waals surface area contributed by atoms with Crippen LogP contribution in [-0.4, -0.2) is 25.4 Å². The van der Waals surface area contributed by atoms with E-state index in [0.717, 1.165) is 24.2 Å². The molecule has 1 fully saturated rings. The largest absolute Gasteiger partial charge is 0.497 e. The molecule has 1 aliphatic carbocycles. The molecule has 2 rings (SSSR count). The summed E-state index contributed by atoms with van der Waals surface area (Å²) in [4.78, 5) is 0. The van der Waals surface area contributed by atoms with Gasteiger partial charge in [-0.15, -0.1) is 12.4 Å². The first kappa shape index (κ1) is 17.1. The molecule has 3 N–H and O–H groups in total. The van der Waals surface area contributed by atoms with E-state index in [-0.39, 0.29) is 12.4 Å². The zero-order valence-electron chi connectivity index (χ0n) is 12.0. The molecule has 1 aromatic carbocycles. The lowest BCUT2D eigenvalue weighted by molar-refractivity contribution is 0.0836. The maximum absolute atomic E-state index is 10.4. The van der Waals surface area contributed by atoms with Gasteiger partial charge >= 0.3 is 0 Å². The summed E-state index contributed by atoms with van der Waals surface area (Å²) in [6.07, 6.45) is 3.99. The average Bonchev–Trinajstić information content (AvgIpc) is 2.99. The first-order chi connectivity index (χ1) is 9.17. The molecular formula is C15H24ClNO3. The number of aliphatic hydroxyl groups excluding tert-OH is 1. The third-order valence-electron chi connectivity index (χ3n) is 4.05. The molecular weight excluding hydrogens is 278 g/mol. The second-order valence-corrected chi connectivity index (χ2v) is 5.17. The van der Waals surface area contributed by atoms with Gasteiger partial charge in [0.15, 0.2) is 0 Å². The van der Waals surface area contributed by atoms with E-state index in [0.29, 0.717) is 11.7 Å². The van der Waals surface area contributed by atoms with Crippen LogP contribution in [0, 0.1) is 5.92 Å². The Labute approximate surface area is 126 Å². The number of hydrogen-bond acceptors (Lipinski definition) is 4. The molecule has 1 aromatic rings. The minimum Gasteiger partial charge on any atom is -0.497 e. The maximum Gasteiger partial charge on any atom is 0.127 e. The fourth-order valence-corrected chi connectivity index (χ4v) is 2.87. The predicted octanol–water partition coefficient (Wildman–Crippen LogP) is 2.68. The topological polar surface area (TPSA) is 64.7 Å². The molecule has 0 spiro atoms. The molecule has 1 saturated carbocycles. The number of halogens is 1. The highest BCUT2D eigenvalue weighted by Gasteiger charge is 2.30. The van der Waals surface area contributed by atoms with Crippen molar-refractivity contribution in [1.29, 1.82) is 0 Å². The molecule has 0 aliphatic heterocycles. The van der Waals surface area contributed by atoms with Crippen LogP contribution in [-0.2, 0) is 0 Å². The molecule has 5 heteroatoms. The Kier molecular flexibility index (Phi) is 6.59. The monoisotopic (exact) mass is 301 g/mol. The molecule has 20 heavy (non-hydrogen) atoms. The fourth-order valence-electron chi connectivity index (χ4n) is 2.87. The van der Waals surface area contributed by atoms with Crippen LogP contribution in [0.2, 0.25) is 0 Å². The highest BCUT2D eigenvalue weighted by atomic mass is 35.5. The Morgan fingerprint density at radius 1 is 1.20 bits per heavy atom. The van der Waals surface area contributed by atoms with Crippen molar-refractivity contribution in [2.75, 3.05) is 14.2 Å². The summed E-state index contributed by atoms with van der Waals surface area (Å²) in [6, 6.07) is 5.11. The van der Waals surface area contributed by atoms with Crippen molar-refractivity contribution >= 4 is 12.4 Å². The van der Waals surface area contributed by atoms with Crippen molar-refractivity contribution in [1.82, 2.24) is 0 Å². The molecule has 4 nitrogen and oxygen atoms in total. The van der Waals surface area contributed by atoms with E-state index in [1.807, 2.05) is 12.1 Å². The number of aliphatic hydroxyl groups is 1. The van der Waals surface area contributed by atoms with Crippen molar-refractivity contribution in [2.24, 2.45) is 11.7 Å². The number of rotatable bonds is 5. The van der Waals surface area contributed by atoms with E-state index >= 15 is 0 Å². The average molecular weight is 302 g/mol. The van der Waals surface area contributed by atoms with Crippen molar-refractivity contribution in [2.45, 2.75) is 37.8 Å². The van der Waals surface area contributed by atoms with E-state index in [2.05, 4.69) is 0 Å². The molecule has 0 saturated heterocycles. The van der Waals surface area contributed by atoms with E-state index < -0.39 is 12.1 Å². The van der Waals surface area contributed by atoms with E-state index in [4.69, 9.17) is 15.2 Å². The van der Waals surface area contributed by atoms with Crippen molar-refractivity contribution in [3.63, 3.8) is 0 Å². The summed E-state index contributed by atoms with van der Waals surface area (Å²) in [5.41, 5.74) is 7.05. The molecule has 0 heterocycles. The second kappa shape index (κ2) is 7.72. The zero-order valence-corrected chi connectivity index (χ0v) is 12.9. The molecule has 0 bridgehead atoms. The van der Waals surface area contributed by atoms with Gasteiger partial charge in [0.05, 0.1) is 26.4 Å². The van der Waals surface area contributed by atoms with Crippen LogP contribution >= 0.6 is 12.4 Å². The minimum absolute atomic E-state index is 0. The minimum atomic E-state index is -0.509. The summed E-state index contributed by atoms with van der Waals surface area (Å²) in [7, 11) is 3.22. The normalized spacial score (nSPS) is 18.2. The van der Waals surface area contributed by atoms with Gasteiger partial charge in [0, 0.05) is 11.6 Å². The van der Waals surface area contributed by atoms with Crippen molar-refractivity contribution in [3.05, 3.63) is 23.8 Å². The third-order valence-corrected chi connectivity index (χ3v) is 4.05. The van der Waals surface area contributed by atoms with Crippen LogP contribution in [0.5, 0.6) is 11.5 Å². The van der Waals surface area contributed by atoms with Gasteiger partial charge in [-0.25, -0.2) is 0 Å². The smallest absolute Gasteiger partial charge is 0.127 e. The number of hydrogen-bond donors (Lipinski definition) is 2. The van der Waals surface area contributed by atoms with Gasteiger partial charge in [-0.2, -0.15) is 0 Å². The summed E-state index contributed by atoms with van der Waals surface area (Å²) in [6.45, 7) is 0. The molecule has 0 aromatic heterocycles. The summed E-state index contributed by atoms with van der Waals surface area (Å²) in [5, 5.41) is 10.4. The number of ether oxygens (including phenoxy) is 2. The number of nitrogens with two attached hydrogens (primary N) is 1. The summed E-state index contributed by atoms with van der Waals surface area (Å²) < 4.78 is 10.5. The van der Waals surface area contributed by atoms with Crippen LogP contribution < -0.4 is 15.2 Å². The van der Waals surface area contributed by atoms with Gasteiger partial charge in [0.2, 0.25) is 0 Å². The molecule has 2 atom stereocenters. The first-order valence-corrected chi connectivity index (χ1v) is 6.83.